The Bertz CT molecular complexity index is 1200. The molecule has 1 unspecified atom stereocenters. The first-order valence-corrected chi connectivity index (χ1v) is 12.6. The van der Waals surface area contributed by atoms with Gasteiger partial charge >= 0.3 is 6.30 Å². The molecule has 4 heterocycles. The molecule has 0 aromatic carbocycles. The van der Waals surface area contributed by atoms with Gasteiger partial charge in [0.25, 0.3) is 0 Å². The van der Waals surface area contributed by atoms with E-state index < -0.39 is 18.3 Å². The molecule has 198 valence electrons. The van der Waals surface area contributed by atoms with E-state index in [9.17, 15) is 18.0 Å². The number of hydrogen-bond acceptors (Lipinski definition) is 8. The highest BCUT2D eigenvalue weighted by molar-refractivity contribution is 6.14. The second-order valence-electron chi connectivity index (χ2n) is 10.3. The van der Waals surface area contributed by atoms with Crippen molar-refractivity contribution in [2.75, 3.05) is 50.5 Å². The summed E-state index contributed by atoms with van der Waals surface area (Å²) in [6.07, 6.45) is 2.04. The van der Waals surface area contributed by atoms with Gasteiger partial charge < -0.3 is 15.1 Å². The summed E-state index contributed by atoms with van der Waals surface area (Å²) in [4.78, 5) is 31.3. The molecule has 1 aromatic heterocycles. The standard InChI is InChI=1S/C26H32F3N7O/c1-17-20(7-8-23(31-17)35(3)18-9-12-34(2)13-10-18)32-24-30-16-25-15-19(37)11-14-36(26(27,28)29)22(25)6-4-5-21(25)33-24/h4-8,18H,9-16H2,1-3H3,(H,30,32). The third-order valence-corrected chi connectivity index (χ3v) is 7.84. The average molecular weight is 516 g/mol. The zero-order valence-corrected chi connectivity index (χ0v) is 21.3. The molecule has 1 aromatic rings. The number of nitrogens with one attached hydrogen (secondary N) is 1. The van der Waals surface area contributed by atoms with Crippen molar-refractivity contribution in [3.8, 4) is 0 Å². The van der Waals surface area contributed by atoms with Crippen molar-refractivity contribution in [3.63, 3.8) is 0 Å². The van der Waals surface area contributed by atoms with Crippen molar-refractivity contribution in [1.82, 2.24) is 14.8 Å². The highest BCUT2D eigenvalue weighted by atomic mass is 19.4. The number of ketones is 1. The van der Waals surface area contributed by atoms with Crippen LogP contribution in [0.3, 0.4) is 0 Å². The first-order valence-electron chi connectivity index (χ1n) is 12.6. The number of pyridine rings is 1. The Morgan fingerprint density at radius 1 is 1.19 bits per heavy atom. The number of alkyl halides is 3. The lowest BCUT2D eigenvalue weighted by Gasteiger charge is -2.42. The molecular weight excluding hydrogens is 483 g/mol. The van der Waals surface area contributed by atoms with Gasteiger partial charge in [-0.3, -0.25) is 9.69 Å². The SMILES string of the molecule is Cc1nc(N(C)C2CCN(C)CC2)ccc1NC1=NCC23CC(=O)CCN(C(F)(F)F)C2=CC=CC3=N1. The number of rotatable bonds is 3. The van der Waals surface area contributed by atoms with Gasteiger partial charge in [0.15, 0.2) is 0 Å². The fraction of sp³-hybridized carbons (Fsp3) is 0.538. The van der Waals surface area contributed by atoms with Crippen molar-refractivity contribution in [3.05, 3.63) is 41.8 Å². The summed E-state index contributed by atoms with van der Waals surface area (Å²) in [5, 5.41) is 3.19. The van der Waals surface area contributed by atoms with Gasteiger partial charge in [-0.25, -0.2) is 15.0 Å². The first-order chi connectivity index (χ1) is 17.6. The second-order valence-corrected chi connectivity index (χ2v) is 10.3. The number of likely N-dealkylation sites (tertiary alicyclic amines) is 2. The molecule has 0 radical (unpaired) electrons. The summed E-state index contributed by atoms with van der Waals surface area (Å²) in [5.41, 5.74) is 0.735. The lowest BCUT2D eigenvalue weighted by molar-refractivity contribution is -0.234. The number of allylic oxidation sites excluding steroid dienone is 3. The van der Waals surface area contributed by atoms with Crippen LogP contribution in [0.15, 0.2) is 46.0 Å². The maximum atomic E-state index is 13.9. The quantitative estimate of drug-likeness (QED) is 0.618. The summed E-state index contributed by atoms with van der Waals surface area (Å²) < 4.78 is 41.6. The van der Waals surface area contributed by atoms with Crippen molar-refractivity contribution >= 4 is 29.0 Å². The van der Waals surface area contributed by atoms with Crippen LogP contribution in [0.2, 0.25) is 0 Å². The van der Waals surface area contributed by atoms with Crippen molar-refractivity contribution in [2.45, 2.75) is 44.9 Å². The number of carbonyl (C=O) groups excluding carboxylic acids is 1. The molecule has 1 atom stereocenters. The molecule has 11 heteroatoms. The largest absolute Gasteiger partial charge is 0.484 e. The van der Waals surface area contributed by atoms with Crippen LogP contribution in [0.25, 0.3) is 0 Å². The van der Waals surface area contributed by atoms with E-state index in [1.807, 2.05) is 19.1 Å². The molecule has 2 saturated heterocycles. The van der Waals surface area contributed by atoms with Gasteiger partial charge in [0.05, 0.1) is 29.1 Å². The van der Waals surface area contributed by atoms with E-state index in [2.05, 4.69) is 39.2 Å². The third-order valence-electron chi connectivity index (χ3n) is 7.84. The number of anilines is 2. The molecule has 8 nitrogen and oxygen atoms in total. The number of carbonyl (C=O) groups is 1. The van der Waals surface area contributed by atoms with E-state index >= 15 is 0 Å². The summed E-state index contributed by atoms with van der Waals surface area (Å²) in [6.45, 7) is 3.64. The number of halogens is 3. The maximum Gasteiger partial charge on any atom is 0.484 e. The summed E-state index contributed by atoms with van der Waals surface area (Å²) in [7, 11) is 4.21. The van der Waals surface area contributed by atoms with Gasteiger partial charge in [-0.15, -0.1) is 0 Å². The fourth-order valence-corrected chi connectivity index (χ4v) is 5.61. The molecule has 4 aliphatic rings. The minimum Gasteiger partial charge on any atom is -0.357 e. The minimum atomic E-state index is -4.59. The first kappa shape index (κ1) is 25.4. The van der Waals surface area contributed by atoms with Crippen molar-refractivity contribution < 1.29 is 18.0 Å². The van der Waals surface area contributed by atoms with E-state index in [1.54, 1.807) is 12.2 Å². The van der Waals surface area contributed by atoms with Crippen LogP contribution in [-0.4, -0.2) is 84.9 Å². The average Bonchev–Trinajstić information content (AvgIpc) is 3.00. The van der Waals surface area contributed by atoms with Crippen LogP contribution in [0.5, 0.6) is 0 Å². The molecule has 1 N–H and O–H groups in total. The van der Waals surface area contributed by atoms with E-state index in [1.165, 1.54) is 6.08 Å². The summed E-state index contributed by atoms with van der Waals surface area (Å²) in [5.74, 6) is 0.961. The van der Waals surface area contributed by atoms with Crippen LogP contribution in [0.4, 0.5) is 24.7 Å². The van der Waals surface area contributed by atoms with Crippen LogP contribution in [-0.2, 0) is 4.79 Å². The number of nitrogens with zero attached hydrogens (tertiary/aromatic N) is 6. The molecule has 2 fully saturated rings. The Morgan fingerprint density at radius 3 is 2.65 bits per heavy atom. The minimum absolute atomic E-state index is 0.00604. The number of aromatic nitrogens is 1. The van der Waals surface area contributed by atoms with Crippen molar-refractivity contribution in [1.29, 1.82) is 0 Å². The topological polar surface area (TPSA) is 76.4 Å². The Hall–Kier alpha value is -3.21. The Kier molecular flexibility index (Phi) is 6.59. The molecular formula is C26H32F3N7O. The van der Waals surface area contributed by atoms with Gasteiger partial charge in [0, 0.05) is 38.2 Å². The lowest BCUT2D eigenvalue weighted by atomic mass is 9.72. The maximum absolute atomic E-state index is 13.9. The molecule has 1 aliphatic carbocycles. The number of aryl methyl sites for hydroxylation is 1. The van der Waals surface area contributed by atoms with E-state index in [0.717, 1.165) is 43.1 Å². The zero-order valence-electron chi connectivity index (χ0n) is 21.3. The van der Waals surface area contributed by atoms with E-state index in [-0.39, 0.29) is 30.9 Å². The predicted molar refractivity (Wildman–Crippen MR) is 138 cm³/mol. The van der Waals surface area contributed by atoms with Crippen LogP contribution in [0, 0.1) is 12.3 Å². The van der Waals surface area contributed by atoms with Crippen molar-refractivity contribution in [2.24, 2.45) is 15.4 Å². The van der Waals surface area contributed by atoms with Gasteiger partial charge in [-0.05, 0) is 64.2 Å². The molecule has 1 spiro atoms. The van der Waals surface area contributed by atoms with E-state index in [0.29, 0.717) is 22.6 Å². The molecule has 5 rings (SSSR count). The number of aliphatic imine (C=N–C) groups is 2. The molecule has 0 amide bonds. The normalized spacial score (nSPS) is 25.0. The number of guanidine groups is 1. The number of Topliss-reactive ketones (excluding diaryl/α,β-unsaturated/α-hetero) is 1. The lowest BCUT2D eigenvalue weighted by Crippen LogP contribution is -2.49. The smallest absolute Gasteiger partial charge is 0.357 e. The van der Waals surface area contributed by atoms with Gasteiger partial charge in [-0.2, -0.15) is 13.2 Å². The van der Waals surface area contributed by atoms with Crippen LogP contribution < -0.4 is 10.2 Å². The van der Waals surface area contributed by atoms with Crippen LogP contribution in [0.1, 0.15) is 31.4 Å². The number of piperidine rings is 1. The fourth-order valence-electron chi connectivity index (χ4n) is 5.61. The Morgan fingerprint density at radius 2 is 1.95 bits per heavy atom. The summed E-state index contributed by atoms with van der Waals surface area (Å²) in [6, 6.07) is 4.32. The zero-order chi connectivity index (χ0) is 26.4. The third kappa shape index (κ3) is 4.88. The predicted octanol–water partition coefficient (Wildman–Crippen LogP) is 3.77. The van der Waals surface area contributed by atoms with Crippen LogP contribution >= 0.6 is 0 Å². The Balaban J connectivity index is 1.35. The van der Waals surface area contributed by atoms with Gasteiger partial charge in [0.2, 0.25) is 5.96 Å². The highest BCUT2D eigenvalue weighted by Gasteiger charge is 2.53. The summed E-state index contributed by atoms with van der Waals surface area (Å²) >= 11 is 0. The Labute approximate surface area is 214 Å². The van der Waals surface area contributed by atoms with Gasteiger partial charge in [0.1, 0.15) is 11.6 Å². The second kappa shape index (κ2) is 9.59. The van der Waals surface area contributed by atoms with E-state index in [4.69, 9.17) is 4.98 Å². The number of hydrogen-bond donors (Lipinski definition) is 1. The monoisotopic (exact) mass is 515 g/mol. The molecule has 37 heavy (non-hydrogen) atoms. The molecule has 3 aliphatic heterocycles. The molecule has 0 bridgehead atoms. The molecule has 0 saturated carbocycles. The highest BCUT2D eigenvalue weighted by Crippen LogP contribution is 2.46. The van der Waals surface area contributed by atoms with Gasteiger partial charge in [-0.1, -0.05) is 6.08 Å².